The minimum Gasteiger partial charge on any atom is -0.312 e. The molecule has 2 N–H and O–H groups in total. The Labute approximate surface area is 113 Å². The average molecular weight is 292 g/mol. The lowest BCUT2D eigenvalue weighted by molar-refractivity contribution is 0.199. The Balaban J connectivity index is 3.15. The normalized spacial score (nSPS) is 15.4. The van der Waals surface area contributed by atoms with Gasteiger partial charge in [0.15, 0.2) is 0 Å². The fourth-order valence-corrected chi connectivity index (χ4v) is 3.47. The van der Waals surface area contributed by atoms with Gasteiger partial charge in [-0.1, -0.05) is 23.7 Å². The highest BCUT2D eigenvalue weighted by Crippen LogP contribution is 2.61. The van der Waals surface area contributed by atoms with Gasteiger partial charge in [-0.3, -0.25) is 4.57 Å². The quantitative estimate of drug-likeness (QED) is 0.811. The van der Waals surface area contributed by atoms with E-state index in [1.807, 2.05) is 0 Å². The molecule has 0 unspecified atom stereocenters. The van der Waals surface area contributed by atoms with Crippen LogP contribution in [0.5, 0.6) is 0 Å². The van der Waals surface area contributed by atoms with E-state index in [9.17, 15) is 4.57 Å². The second-order valence-corrected chi connectivity index (χ2v) is 6.86. The molecule has 4 nitrogen and oxygen atoms in total. The van der Waals surface area contributed by atoms with Crippen molar-refractivity contribution in [1.29, 1.82) is 0 Å². The summed E-state index contributed by atoms with van der Waals surface area (Å²) in [5.41, 5.74) is 6.85. The van der Waals surface area contributed by atoms with Gasteiger partial charge in [0, 0.05) is 5.02 Å². The third-order valence-corrected chi connectivity index (χ3v) is 5.44. The van der Waals surface area contributed by atoms with Crippen LogP contribution in [0.15, 0.2) is 24.3 Å². The third kappa shape index (κ3) is 3.14. The lowest BCUT2D eigenvalue weighted by Gasteiger charge is -2.32. The van der Waals surface area contributed by atoms with Gasteiger partial charge in [0.1, 0.15) is 5.28 Å². The summed E-state index contributed by atoms with van der Waals surface area (Å²) in [6.07, 6.45) is 0. The number of halogens is 1. The number of benzene rings is 1. The predicted octanol–water partition coefficient (Wildman–Crippen LogP) is 3.74. The van der Waals surface area contributed by atoms with Crippen LogP contribution in [-0.4, -0.2) is 13.2 Å². The molecule has 0 heterocycles. The van der Waals surface area contributed by atoms with Crippen LogP contribution in [0.3, 0.4) is 0 Å². The van der Waals surface area contributed by atoms with Crippen molar-refractivity contribution < 1.29 is 13.6 Å². The minimum atomic E-state index is -3.42. The van der Waals surface area contributed by atoms with Gasteiger partial charge in [0.25, 0.3) is 0 Å². The molecule has 0 aliphatic rings. The van der Waals surface area contributed by atoms with Gasteiger partial charge >= 0.3 is 7.60 Å². The number of hydrogen-bond donors (Lipinski definition) is 1. The molecule has 1 rings (SSSR count). The van der Waals surface area contributed by atoms with Gasteiger partial charge in [-0.25, -0.2) is 0 Å². The molecule has 0 aromatic heterocycles. The minimum absolute atomic E-state index is 0.275. The molecular weight excluding hydrogens is 273 g/mol. The van der Waals surface area contributed by atoms with Crippen LogP contribution in [-0.2, 0) is 18.9 Å². The summed E-state index contributed by atoms with van der Waals surface area (Å²) in [6.45, 7) is 5.70. The maximum Gasteiger partial charge on any atom is 0.354 e. The van der Waals surface area contributed by atoms with E-state index < -0.39 is 12.9 Å². The van der Waals surface area contributed by atoms with Crippen LogP contribution in [0.1, 0.15) is 26.3 Å². The van der Waals surface area contributed by atoms with Crippen molar-refractivity contribution in [1.82, 2.24) is 0 Å². The Morgan fingerprint density at radius 1 is 1.22 bits per heavy atom. The van der Waals surface area contributed by atoms with Gasteiger partial charge in [-0.05, 0) is 38.5 Å². The third-order valence-electron chi connectivity index (χ3n) is 2.60. The standard InChI is InChI=1S/C12H19ClNO3P/c1-4-16-18(15,17-5-2)12(3,14)10-6-8-11(13)9-7-10/h6-9H,4-5,14H2,1-3H3/t12-/m0/s1. The summed E-state index contributed by atoms with van der Waals surface area (Å²) in [6, 6.07) is 6.86. The molecular formula is C12H19ClNO3P. The Morgan fingerprint density at radius 2 is 1.67 bits per heavy atom. The maximum absolute atomic E-state index is 12.7. The summed E-state index contributed by atoms with van der Waals surface area (Å²) in [5.74, 6) is 0. The first-order valence-electron chi connectivity index (χ1n) is 5.81. The first kappa shape index (κ1) is 15.7. The van der Waals surface area contributed by atoms with E-state index in [0.717, 1.165) is 0 Å². The smallest absolute Gasteiger partial charge is 0.312 e. The summed E-state index contributed by atoms with van der Waals surface area (Å²) in [5, 5.41) is -0.610. The summed E-state index contributed by atoms with van der Waals surface area (Å²) in [7, 11) is -3.42. The second-order valence-electron chi connectivity index (χ2n) is 3.99. The highest BCUT2D eigenvalue weighted by molar-refractivity contribution is 7.55. The fraction of sp³-hybridized carbons (Fsp3) is 0.500. The van der Waals surface area contributed by atoms with Crippen LogP contribution in [0.25, 0.3) is 0 Å². The Kier molecular flexibility index (Phi) is 5.38. The van der Waals surface area contributed by atoms with Crippen LogP contribution >= 0.6 is 19.2 Å². The molecule has 1 aromatic rings. The van der Waals surface area contributed by atoms with E-state index in [1.54, 1.807) is 45.0 Å². The first-order chi connectivity index (χ1) is 8.37. The van der Waals surface area contributed by atoms with E-state index in [1.165, 1.54) is 0 Å². The molecule has 102 valence electrons. The van der Waals surface area contributed by atoms with Gasteiger partial charge in [0.05, 0.1) is 13.2 Å². The summed E-state index contributed by atoms with van der Waals surface area (Å²) < 4.78 is 23.3. The number of nitrogens with two attached hydrogens (primary N) is 1. The van der Waals surface area contributed by atoms with Crippen molar-refractivity contribution >= 4 is 19.2 Å². The SMILES string of the molecule is CCOP(=O)(OCC)[C@](C)(N)c1ccc(Cl)cc1. The zero-order valence-electron chi connectivity index (χ0n) is 10.9. The van der Waals surface area contributed by atoms with Gasteiger partial charge in [0.2, 0.25) is 0 Å². The van der Waals surface area contributed by atoms with Gasteiger partial charge < -0.3 is 14.8 Å². The van der Waals surface area contributed by atoms with Crippen molar-refractivity contribution in [2.45, 2.75) is 26.1 Å². The Morgan fingerprint density at radius 3 is 2.06 bits per heavy atom. The molecule has 18 heavy (non-hydrogen) atoms. The highest BCUT2D eigenvalue weighted by atomic mass is 35.5. The van der Waals surface area contributed by atoms with Crippen molar-refractivity contribution in [3.63, 3.8) is 0 Å². The molecule has 0 aliphatic carbocycles. The lowest BCUT2D eigenvalue weighted by Crippen LogP contribution is -2.34. The molecule has 0 amide bonds. The molecule has 1 aromatic carbocycles. The zero-order chi connectivity index (χ0) is 13.8. The van der Waals surface area contributed by atoms with E-state index in [-0.39, 0.29) is 13.2 Å². The first-order valence-corrected chi connectivity index (χ1v) is 7.73. The summed E-state index contributed by atoms with van der Waals surface area (Å²) >= 11 is 5.83. The van der Waals surface area contributed by atoms with E-state index in [2.05, 4.69) is 0 Å². The van der Waals surface area contributed by atoms with Crippen LogP contribution < -0.4 is 5.73 Å². The molecule has 0 saturated carbocycles. The second kappa shape index (κ2) is 6.18. The van der Waals surface area contributed by atoms with E-state index in [4.69, 9.17) is 26.4 Å². The average Bonchev–Trinajstić information content (AvgIpc) is 2.30. The molecule has 0 aliphatic heterocycles. The molecule has 1 atom stereocenters. The zero-order valence-corrected chi connectivity index (χ0v) is 12.5. The Hall–Kier alpha value is -0.380. The Bertz CT molecular complexity index is 423. The molecule has 6 heteroatoms. The number of hydrogen-bond acceptors (Lipinski definition) is 4. The van der Waals surface area contributed by atoms with Crippen LogP contribution in [0.4, 0.5) is 0 Å². The van der Waals surface area contributed by atoms with Crippen LogP contribution in [0, 0.1) is 0 Å². The molecule has 0 saturated heterocycles. The molecule has 0 bridgehead atoms. The molecule has 0 spiro atoms. The van der Waals surface area contributed by atoms with Gasteiger partial charge in [-0.15, -0.1) is 0 Å². The van der Waals surface area contributed by atoms with Crippen molar-refractivity contribution in [2.75, 3.05) is 13.2 Å². The van der Waals surface area contributed by atoms with Crippen molar-refractivity contribution in [3.8, 4) is 0 Å². The molecule has 0 radical (unpaired) electrons. The predicted molar refractivity (Wildman–Crippen MR) is 73.8 cm³/mol. The van der Waals surface area contributed by atoms with E-state index >= 15 is 0 Å². The fourth-order valence-electron chi connectivity index (χ4n) is 1.59. The van der Waals surface area contributed by atoms with Gasteiger partial charge in [-0.2, -0.15) is 0 Å². The summed E-state index contributed by atoms with van der Waals surface area (Å²) in [4.78, 5) is 0. The largest absolute Gasteiger partial charge is 0.354 e. The highest BCUT2D eigenvalue weighted by Gasteiger charge is 2.45. The topological polar surface area (TPSA) is 61.5 Å². The molecule has 0 fully saturated rings. The van der Waals surface area contributed by atoms with Crippen molar-refractivity contribution in [3.05, 3.63) is 34.9 Å². The number of rotatable bonds is 6. The van der Waals surface area contributed by atoms with Crippen LogP contribution in [0.2, 0.25) is 5.02 Å². The van der Waals surface area contributed by atoms with Crippen molar-refractivity contribution in [2.24, 2.45) is 5.73 Å². The maximum atomic E-state index is 12.7. The van der Waals surface area contributed by atoms with E-state index in [0.29, 0.717) is 10.6 Å². The monoisotopic (exact) mass is 291 g/mol. The lowest BCUT2D eigenvalue weighted by atomic mass is 10.1.